The first kappa shape index (κ1) is 15.9. The van der Waals surface area contributed by atoms with E-state index in [0.717, 1.165) is 5.69 Å². The van der Waals surface area contributed by atoms with Crippen LogP contribution >= 0.6 is 0 Å². The number of hydrogen-bond acceptors (Lipinski definition) is 2. The van der Waals surface area contributed by atoms with Crippen molar-refractivity contribution in [2.24, 2.45) is 0 Å². The molecule has 0 aliphatic rings. The summed E-state index contributed by atoms with van der Waals surface area (Å²) in [6, 6.07) is 16.4. The number of pyridine rings is 1. The van der Waals surface area contributed by atoms with Gasteiger partial charge in [0.2, 0.25) is 0 Å². The Bertz CT molecular complexity index is 521. The Kier molecular flexibility index (Phi) is 4.64. The molecular formula is C18H25NOSi. The fourth-order valence-corrected chi connectivity index (χ4v) is 3.13. The van der Waals surface area contributed by atoms with Crippen molar-refractivity contribution in [3.63, 3.8) is 0 Å². The summed E-state index contributed by atoms with van der Waals surface area (Å²) in [4.78, 5) is 4.52. The summed E-state index contributed by atoms with van der Waals surface area (Å²) in [5.74, 6) is 0. The van der Waals surface area contributed by atoms with Crippen molar-refractivity contribution in [3.05, 3.63) is 66.0 Å². The fourth-order valence-electron chi connectivity index (χ4n) is 1.93. The second kappa shape index (κ2) is 6.12. The minimum absolute atomic E-state index is 0.0895. The summed E-state index contributed by atoms with van der Waals surface area (Å²) in [5, 5.41) is 0.175. The maximum atomic E-state index is 6.65. The van der Waals surface area contributed by atoms with Gasteiger partial charge in [0.15, 0.2) is 8.32 Å². The molecule has 2 nitrogen and oxygen atoms in total. The summed E-state index contributed by atoms with van der Waals surface area (Å²) in [5.41, 5.74) is 2.15. The van der Waals surface area contributed by atoms with E-state index in [-0.39, 0.29) is 11.1 Å². The van der Waals surface area contributed by atoms with Crippen molar-refractivity contribution in [1.29, 1.82) is 0 Å². The van der Waals surface area contributed by atoms with Gasteiger partial charge in [0.25, 0.3) is 0 Å². The molecule has 1 heterocycles. The largest absolute Gasteiger partial charge is 0.404 e. The highest BCUT2D eigenvalue weighted by atomic mass is 28.4. The van der Waals surface area contributed by atoms with Gasteiger partial charge in [-0.2, -0.15) is 0 Å². The second-order valence-corrected chi connectivity index (χ2v) is 11.7. The molecule has 1 aromatic carbocycles. The predicted molar refractivity (Wildman–Crippen MR) is 90.8 cm³/mol. The Morgan fingerprint density at radius 2 is 1.57 bits per heavy atom. The highest BCUT2D eigenvalue weighted by Crippen LogP contribution is 2.41. The summed E-state index contributed by atoms with van der Waals surface area (Å²) >= 11 is 0. The second-order valence-electron chi connectivity index (χ2n) is 6.92. The molecule has 0 fully saturated rings. The molecule has 0 saturated heterocycles. The Labute approximate surface area is 129 Å². The van der Waals surface area contributed by atoms with Gasteiger partial charge in [-0.15, -0.1) is 0 Å². The van der Waals surface area contributed by atoms with Crippen LogP contribution < -0.4 is 0 Å². The van der Waals surface area contributed by atoms with Gasteiger partial charge >= 0.3 is 0 Å². The van der Waals surface area contributed by atoms with Gasteiger partial charge in [-0.3, -0.25) is 4.98 Å². The summed E-state index contributed by atoms with van der Waals surface area (Å²) < 4.78 is 6.65. The summed E-state index contributed by atoms with van der Waals surface area (Å²) in [7, 11) is -1.87. The van der Waals surface area contributed by atoms with E-state index in [9.17, 15) is 0 Å². The third kappa shape index (κ3) is 3.80. The molecule has 112 valence electrons. The maximum Gasteiger partial charge on any atom is 0.193 e. The van der Waals surface area contributed by atoms with E-state index in [1.165, 1.54) is 5.56 Å². The average Bonchev–Trinajstić information content (AvgIpc) is 2.45. The van der Waals surface area contributed by atoms with Gasteiger partial charge in [0.1, 0.15) is 6.10 Å². The molecule has 21 heavy (non-hydrogen) atoms. The lowest BCUT2D eigenvalue weighted by molar-refractivity contribution is 0.217. The zero-order valence-corrected chi connectivity index (χ0v) is 14.6. The van der Waals surface area contributed by atoms with E-state index in [1.54, 1.807) is 0 Å². The molecule has 1 atom stereocenters. The van der Waals surface area contributed by atoms with Crippen LogP contribution in [0.5, 0.6) is 0 Å². The van der Waals surface area contributed by atoms with Gasteiger partial charge in [-0.25, -0.2) is 0 Å². The standard InChI is InChI=1S/C18H25NOSi/c1-18(2,3)21(4,5)20-17(15-11-7-6-8-12-15)16-13-9-10-14-19-16/h6-14,17H,1-5H3. The number of benzene rings is 1. The smallest absolute Gasteiger partial charge is 0.193 e. The number of rotatable bonds is 4. The van der Waals surface area contributed by atoms with E-state index in [2.05, 4.69) is 63.1 Å². The highest BCUT2D eigenvalue weighted by molar-refractivity contribution is 6.74. The van der Waals surface area contributed by atoms with Crippen LogP contribution in [0.1, 0.15) is 38.1 Å². The summed E-state index contributed by atoms with van der Waals surface area (Å²) in [6.45, 7) is 11.4. The summed E-state index contributed by atoms with van der Waals surface area (Å²) in [6.07, 6.45) is 1.74. The first-order chi connectivity index (χ1) is 9.81. The van der Waals surface area contributed by atoms with Crippen LogP contribution in [0, 0.1) is 0 Å². The first-order valence-electron chi connectivity index (χ1n) is 7.45. The van der Waals surface area contributed by atoms with E-state index >= 15 is 0 Å². The van der Waals surface area contributed by atoms with Gasteiger partial charge < -0.3 is 4.43 Å². The molecule has 3 heteroatoms. The lowest BCUT2D eigenvalue weighted by atomic mass is 10.1. The SMILES string of the molecule is CC(C)(C)[Si](C)(C)OC(c1ccccc1)c1ccccn1. The van der Waals surface area contributed by atoms with Crippen molar-refractivity contribution in [1.82, 2.24) is 4.98 Å². The predicted octanol–water partition coefficient (Wildman–Crippen LogP) is 5.19. The molecule has 1 aromatic heterocycles. The normalized spacial score (nSPS) is 14.0. The van der Waals surface area contributed by atoms with E-state index in [1.807, 2.05) is 30.5 Å². The van der Waals surface area contributed by atoms with Crippen molar-refractivity contribution in [3.8, 4) is 0 Å². The van der Waals surface area contributed by atoms with Crippen LogP contribution in [0.25, 0.3) is 0 Å². The molecule has 2 rings (SSSR count). The van der Waals surface area contributed by atoms with Crippen LogP contribution in [-0.4, -0.2) is 13.3 Å². The minimum Gasteiger partial charge on any atom is -0.404 e. The van der Waals surface area contributed by atoms with Crippen molar-refractivity contribution < 1.29 is 4.43 Å². The molecule has 0 aliphatic carbocycles. The van der Waals surface area contributed by atoms with Crippen molar-refractivity contribution in [2.45, 2.75) is 45.0 Å². The number of aromatic nitrogens is 1. The molecule has 0 spiro atoms. The topological polar surface area (TPSA) is 22.1 Å². The third-order valence-corrected chi connectivity index (χ3v) is 8.71. The van der Waals surface area contributed by atoms with Crippen molar-refractivity contribution in [2.75, 3.05) is 0 Å². The van der Waals surface area contributed by atoms with E-state index in [4.69, 9.17) is 4.43 Å². The van der Waals surface area contributed by atoms with Crippen LogP contribution in [0.2, 0.25) is 18.1 Å². The minimum atomic E-state index is -1.87. The molecule has 0 N–H and O–H groups in total. The quantitative estimate of drug-likeness (QED) is 0.725. The lowest BCUT2D eigenvalue weighted by Crippen LogP contribution is -2.42. The first-order valence-corrected chi connectivity index (χ1v) is 10.4. The Balaban J connectivity index is 2.39. The van der Waals surface area contributed by atoms with Gasteiger partial charge in [0, 0.05) is 6.20 Å². The van der Waals surface area contributed by atoms with Gasteiger partial charge in [0.05, 0.1) is 5.69 Å². The van der Waals surface area contributed by atoms with Crippen LogP contribution in [0.4, 0.5) is 0 Å². The Hall–Kier alpha value is -1.45. The monoisotopic (exact) mass is 299 g/mol. The fraction of sp³-hybridized carbons (Fsp3) is 0.389. The highest BCUT2D eigenvalue weighted by Gasteiger charge is 2.40. The molecule has 1 unspecified atom stereocenters. The van der Waals surface area contributed by atoms with Gasteiger partial charge in [-0.1, -0.05) is 57.2 Å². The molecule has 2 aromatic rings. The Morgan fingerprint density at radius 3 is 2.10 bits per heavy atom. The molecule has 0 bridgehead atoms. The zero-order chi connectivity index (χ0) is 15.5. The van der Waals surface area contributed by atoms with Crippen molar-refractivity contribution >= 4 is 8.32 Å². The van der Waals surface area contributed by atoms with Crippen LogP contribution in [0.3, 0.4) is 0 Å². The third-order valence-electron chi connectivity index (χ3n) is 4.28. The molecule has 0 saturated carbocycles. The molecular weight excluding hydrogens is 274 g/mol. The Morgan fingerprint density at radius 1 is 0.952 bits per heavy atom. The van der Waals surface area contributed by atoms with Crippen LogP contribution in [-0.2, 0) is 4.43 Å². The zero-order valence-electron chi connectivity index (χ0n) is 13.6. The maximum absolute atomic E-state index is 6.65. The molecule has 0 radical (unpaired) electrons. The van der Waals surface area contributed by atoms with Gasteiger partial charge in [-0.05, 0) is 35.8 Å². The van der Waals surface area contributed by atoms with E-state index < -0.39 is 8.32 Å². The number of hydrogen-bond donors (Lipinski definition) is 0. The average molecular weight is 299 g/mol. The lowest BCUT2D eigenvalue weighted by Gasteiger charge is -2.39. The van der Waals surface area contributed by atoms with E-state index in [0.29, 0.717) is 0 Å². The van der Waals surface area contributed by atoms with Crippen LogP contribution in [0.15, 0.2) is 54.7 Å². The molecule has 0 aliphatic heterocycles. The number of nitrogens with zero attached hydrogens (tertiary/aromatic N) is 1. The molecule has 0 amide bonds.